The van der Waals surface area contributed by atoms with Crippen molar-refractivity contribution in [3.63, 3.8) is 0 Å². The zero-order chi connectivity index (χ0) is 12.9. The third-order valence-electron chi connectivity index (χ3n) is 2.91. The van der Waals surface area contributed by atoms with Gasteiger partial charge in [-0.2, -0.15) is 0 Å². The first-order valence-electron chi connectivity index (χ1n) is 7.08. The van der Waals surface area contributed by atoms with Crippen molar-refractivity contribution in [2.24, 2.45) is 0 Å². The molecule has 104 valence electrons. The maximum atomic E-state index is 5.85. The number of nitrogens with one attached hydrogen (secondary N) is 1. The summed E-state index contributed by atoms with van der Waals surface area (Å²) in [6.45, 7) is 8.94. The van der Waals surface area contributed by atoms with Gasteiger partial charge in [-0.1, -0.05) is 39.5 Å². The predicted molar refractivity (Wildman–Crippen MR) is 73.5 cm³/mol. The van der Waals surface area contributed by atoms with Gasteiger partial charge in [0.1, 0.15) is 0 Å². The number of rotatable bonds is 12. The Kier molecular flexibility index (Phi) is 12.3. The quantitative estimate of drug-likeness (QED) is 0.536. The third-order valence-corrected chi connectivity index (χ3v) is 2.91. The summed E-state index contributed by atoms with van der Waals surface area (Å²) < 4.78 is 11.0. The van der Waals surface area contributed by atoms with Gasteiger partial charge >= 0.3 is 0 Å². The molecule has 0 amide bonds. The van der Waals surface area contributed by atoms with E-state index in [-0.39, 0.29) is 0 Å². The Bertz CT molecular complexity index is 147. The van der Waals surface area contributed by atoms with Crippen molar-refractivity contribution >= 4 is 0 Å². The average Bonchev–Trinajstić information content (AvgIpc) is 2.32. The van der Waals surface area contributed by atoms with E-state index in [1.54, 1.807) is 7.11 Å². The highest BCUT2D eigenvalue weighted by Gasteiger charge is 2.09. The summed E-state index contributed by atoms with van der Waals surface area (Å²) in [4.78, 5) is 0. The fourth-order valence-electron chi connectivity index (χ4n) is 1.88. The van der Waals surface area contributed by atoms with Gasteiger partial charge in [0.2, 0.25) is 0 Å². The minimum Gasteiger partial charge on any atom is -0.383 e. The van der Waals surface area contributed by atoms with Gasteiger partial charge in [-0.25, -0.2) is 0 Å². The Balaban J connectivity index is 3.53. The lowest BCUT2D eigenvalue weighted by molar-refractivity contribution is 0.0256. The zero-order valence-corrected chi connectivity index (χ0v) is 12.1. The molecule has 0 aliphatic carbocycles. The Morgan fingerprint density at radius 2 is 1.82 bits per heavy atom. The van der Waals surface area contributed by atoms with Crippen LogP contribution in [0.2, 0.25) is 0 Å². The standard InChI is InChI=1S/C14H31NO2/c1-5-7-8-9-10-13(3)17-12-14(11-16-4)15-6-2/h13-15H,5-12H2,1-4H3. The molecular formula is C14H31NO2. The highest BCUT2D eigenvalue weighted by molar-refractivity contribution is 4.65. The first kappa shape index (κ1) is 16.9. The predicted octanol–water partition coefficient (Wildman–Crippen LogP) is 2.99. The summed E-state index contributed by atoms with van der Waals surface area (Å²) in [5, 5.41) is 3.37. The van der Waals surface area contributed by atoms with E-state index >= 15 is 0 Å². The van der Waals surface area contributed by atoms with Crippen molar-refractivity contribution in [3.8, 4) is 0 Å². The summed E-state index contributed by atoms with van der Waals surface area (Å²) >= 11 is 0. The van der Waals surface area contributed by atoms with Crippen LogP contribution in [-0.4, -0.2) is 39.0 Å². The SMILES string of the molecule is CCCCCCC(C)OCC(COC)NCC. The van der Waals surface area contributed by atoms with Gasteiger partial charge in [0, 0.05) is 7.11 Å². The molecule has 3 heteroatoms. The largest absolute Gasteiger partial charge is 0.383 e. The van der Waals surface area contributed by atoms with Crippen LogP contribution in [0.4, 0.5) is 0 Å². The van der Waals surface area contributed by atoms with Crippen LogP contribution < -0.4 is 5.32 Å². The number of methoxy groups -OCH3 is 1. The molecule has 0 aromatic heterocycles. The number of ether oxygens (including phenoxy) is 2. The van der Waals surface area contributed by atoms with Gasteiger partial charge in [-0.3, -0.25) is 0 Å². The first-order valence-corrected chi connectivity index (χ1v) is 7.08. The van der Waals surface area contributed by atoms with Gasteiger partial charge in [-0.15, -0.1) is 0 Å². The minimum atomic E-state index is 0.322. The van der Waals surface area contributed by atoms with Gasteiger partial charge < -0.3 is 14.8 Å². The first-order chi connectivity index (χ1) is 8.24. The topological polar surface area (TPSA) is 30.5 Å². The molecule has 17 heavy (non-hydrogen) atoms. The van der Waals surface area contributed by atoms with Crippen molar-refractivity contribution in [3.05, 3.63) is 0 Å². The highest BCUT2D eigenvalue weighted by Crippen LogP contribution is 2.08. The van der Waals surface area contributed by atoms with E-state index in [0.29, 0.717) is 12.1 Å². The maximum Gasteiger partial charge on any atom is 0.0645 e. The van der Waals surface area contributed by atoms with Gasteiger partial charge in [0.05, 0.1) is 25.4 Å². The van der Waals surface area contributed by atoms with Crippen LogP contribution in [-0.2, 0) is 9.47 Å². The lowest BCUT2D eigenvalue weighted by Gasteiger charge is -2.20. The van der Waals surface area contributed by atoms with E-state index in [4.69, 9.17) is 9.47 Å². The molecule has 2 atom stereocenters. The second-order valence-electron chi connectivity index (χ2n) is 4.70. The summed E-state index contributed by atoms with van der Waals surface area (Å²) in [6, 6.07) is 0.322. The second-order valence-corrected chi connectivity index (χ2v) is 4.70. The molecule has 0 rings (SSSR count). The molecule has 0 saturated carbocycles. The molecule has 0 spiro atoms. The number of likely N-dealkylation sites (N-methyl/N-ethyl adjacent to an activating group) is 1. The third kappa shape index (κ3) is 10.7. The van der Waals surface area contributed by atoms with E-state index in [2.05, 4.69) is 26.1 Å². The molecule has 0 heterocycles. The normalized spacial score (nSPS) is 14.8. The fraction of sp³-hybridized carbons (Fsp3) is 1.00. The van der Waals surface area contributed by atoms with E-state index in [9.17, 15) is 0 Å². The molecule has 2 unspecified atom stereocenters. The van der Waals surface area contributed by atoms with E-state index < -0.39 is 0 Å². The van der Waals surface area contributed by atoms with Crippen LogP contribution in [0.3, 0.4) is 0 Å². The van der Waals surface area contributed by atoms with Crippen molar-refractivity contribution in [1.82, 2.24) is 5.32 Å². The molecule has 0 aromatic rings. The molecule has 0 aliphatic heterocycles. The lowest BCUT2D eigenvalue weighted by Crippen LogP contribution is -2.38. The van der Waals surface area contributed by atoms with Crippen molar-refractivity contribution < 1.29 is 9.47 Å². The number of hydrogen-bond donors (Lipinski definition) is 1. The van der Waals surface area contributed by atoms with Crippen molar-refractivity contribution in [2.75, 3.05) is 26.9 Å². The maximum absolute atomic E-state index is 5.85. The monoisotopic (exact) mass is 245 g/mol. The van der Waals surface area contributed by atoms with Crippen LogP contribution in [0.5, 0.6) is 0 Å². The van der Waals surface area contributed by atoms with Gasteiger partial charge in [0.25, 0.3) is 0 Å². The highest BCUT2D eigenvalue weighted by atomic mass is 16.5. The Labute approximate surface area is 107 Å². The van der Waals surface area contributed by atoms with Crippen LogP contribution in [0.25, 0.3) is 0 Å². The molecule has 0 fully saturated rings. The van der Waals surface area contributed by atoms with Crippen LogP contribution in [0.15, 0.2) is 0 Å². The van der Waals surface area contributed by atoms with E-state index in [1.807, 2.05) is 0 Å². The Hall–Kier alpha value is -0.120. The molecule has 0 bridgehead atoms. The summed E-state index contributed by atoms with van der Waals surface area (Å²) in [7, 11) is 1.73. The molecule has 0 saturated heterocycles. The Morgan fingerprint density at radius 1 is 1.06 bits per heavy atom. The van der Waals surface area contributed by atoms with Crippen LogP contribution in [0, 0.1) is 0 Å². The van der Waals surface area contributed by atoms with Crippen molar-refractivity contribution in [1.29, 1.82) is 0 Å². The molecule has 3 nitrogen and oxygen atoms in total. The minimum absolute atomic E-state index is 0.322. The molecule has 0 aromatic carbocycles. The summed E-state index contributed by atoms with van der Waals surface area (Å²) in [6.07, 6.45) is 6.79. The summed E-state index contributed by atoms with van der Waals surface area (Å²) in [5.41, 5.74) is 0. The van der Waals surface area contributed by atoms with Crippen LogP contribution in [0.1, 0.15) is 52.9 Å². The van der Waals surface area contributed by atoms with Gasteiger partial charge in [-0.05, 0) is 19.9 Å². The second kappa shape index (κ2) is 12.3. The average molecular weight is 245 g/mol. The lowest BCUT2D eigenvalue weighted by atomic mass is 10.1. The van der Waals surface area contributed by atoms with E-state index in [0.717, 1.165) is 19.8 Å². The number of unbranched alkanes of at least 4 members (excludes halogenated alkanes) is 3. The molecule has 0 aliphatic rings. The summed E-state index contributed by atoms with van der Waals surface area (Å²) in [5.74, 6) is 0. The molecule has 1 N–H and O–H groups in total. The van der Waals surface area contributed by atoms with Crippen LogP contribution >= 0.6 is 0 Å². The zero-order valence-electron chi connectivity index (χ0n) is 12.1. The molecule has 0 radical (unpaired) electrons. The Morgan fingerprint density at radius 3 is 2.41 bits per heavy atom. The number of hydrogen-bond acceptors (Lipinski definition) is 3. The van der Waals surface area contributed by atoms with Gasteiger partial charge in [0.15, 0.2) is 0 Å². The van der Waals surface area contributed by atoms with Crippen molar-refractivity contribution in [2.45, 2.75) is 65.0 Å². The fourth-order valence-corrected chi connectivity index (χ4v) is 1.88. The van der Waals surface area contributed by atoms with E-state index in [1.165, 1.54) is 32.1 Å². The smallest absolute Gasteiger partial charge is 0.0645 e. The molecular weight excluding hydrogens is 214 g/mol.